The van der Waals surface area contributed by atoms with Crippen molar-refractivity contribution in [1.82, 2.24) is 10.3 Å². The molecular weight excluding hydrogens is 280 g/mol. The molecule has 1 aliphatic heterocycles. The summed E-state index contributed by atoms with van der Waals surface area (Å²) >= 11 is 6.00. The molecule has 0 amide bonds. The number of thioether (sulfide) groups is 2. The van der Waals surface area contributed by atoms with Gasteiger partial charge in [0.2, 0.25) is 0 Å². The molecular formula is C13H22N2S3. The van der Waals surface area contributed by atoms with Crippen molar-refractivity contribution in [2.45, 2.75) is 56.0 Å². The molecule has 3 unspecified atom stereocenters. The Morgan fingerprint density at radius 3 is 2.83 bits per heavy atom. The van der Waals surface area contributed by atoms with Gasteiger partial charge in [-0.3, -0.25) is 0 Å². The monoisotopic (exact) mass is 302 g/mol. The first-order valence-corrected chi connectivity index (χ1v) is 9.38. The van der Waals surface area contributed by atoms with Gasteiger partial charge in [0.15, 0.2) is 0 Å². The molecule has 1 aromatic heterocycles. The molecule has 1 saturated heterocycles. The van der Waals surface area contributed by atoms with Crippen LogP contribution in [0, 0.1) is 0 Å². The molecule has 1 fully saturated rings. The van der Waals surface area contributed by atoms with E-state index in [0.29, 0.717) is 11.3 Å². The molecule has 0 aliphatic carbocycles. The van der Waals surface area contributed by atoms with Crippen LogP contribution >= 0.6 is 34.9 Å². The van der Waals surface area contributed by atoms with Crippen LogP contribution in [0.5, 0.6) is 0 Å². The first kappa shape index (κ1) is 14.7. The van der Waals surface area contributed by atoms with Crippen molar-refractivity contribution in [3.05, 3.63) is 16.1 Å². The lowest BCUT2D eigenvalue weighted by molar-refractivity contribution is 0.582. The van der Waals surface area contributed by atoms with Gasteiger partial charge < -0.3 is 5.32 Å². The molecule has 2 rings (SSSR count). The first-order chi connectivity index (χ1) is 8.56. The van der Waals surface area contributed by atoms with Gasteiger partial charge in [-0.05, 0) is 0 Å². The molecule has 5 heteroatoms. The van der Waals surface area contributed by atoms with E-state index in [1.54, 1.807) is 0 Å². The quantitative estimate of drug-likeness (QED) is 0.910. The fourth-order valence-corrected chi connectivity index (χ4v) is 5.80. The zero-order valence-corrected chi connectivity index (χ0v) is 13.9. The Morgan fingerprint density at radius 2 is 2.17 bits per heavy atom. The Balaban J connectivity index is 1.93. The van der Waals surface area contributed by atoms with E-state index in [2.05, 4.69) is 61.9 Å². The number of nitrogens with one attached hydrogen (secondary N) is 1. The molecule has 3 atom stereocenters. The van der Waals surface area contributed by atoms with E-state index >= 15 is 0 Å². The van der Waals surface area contributed by atoms with Crippen molar-refractivity contribution in [3.8, 4) is 0 Å². The minimum absolute atomic E-state index is 0.524. The minimum Gasteiger partial charge on any atom is -0.309 e. The largest absolute Gasteiger partial charge is 0.309 e. The summed E-state index contributed by atoms with van der Waals surface area (Å²) in [5, 5.41) is 9.04. The predicted molar refractivity (Wildman–Crippen MR) is 85.8 cm³/mol. The van der Waals surface area contributed by atoms with Gasteiger partial charge in [0.25, 0.3) is 0 Å². The maximum absolute atomic E-state index is 4.79. The van der Waals surface area contributed by atoms with Gasteiger partial charge in [0.1, 0.15) is 5.01 Å². The molecule has 0 bridgehead atoms. The molecule has 1 aliphatic rings. The molecule has 0 aromatic carbocycles. The van der Waals surface area contributed by atoms with Gasteiger partial charge in [-0.25, -0.2) is 4.98 Å². The zero-order chi connectivity index (χ0) is 13.1. The van der Waals surface area contributed by atoms with Crippen molar-refractivity contribution < 1.29 is 0 Å². The van der Waals surface area contributed by atoms with E-state index in [-0.39, 0.29) is 0 Å². The van der Waals surface area contributed by atoms with Gasteiger partial charge in [0, 0.05) is 34.2 Å². The Morgan fingerprint density at radius 1 is 1.39 bits per heavy atom. The minimum atomic E-state index is 0.524. The van der Waals surface area contributed by atoms with Crippen molar-refractivity contribution >= 4 is 34.9 Å². The Bertz CT molecular complexity index is 378. The van der Waals surface area contributed by atoms with Crippen LogP contribution in [0.25, 0.3) is 0 Å². The van der Waals surface area contributed by atoms with Gasteiger partial charge in [-0.2, -0.15) is 11.8 Å². The molecule has 1 N–H and O–H groups in total. The third-order valence-electron chi connectivity index (χ3n) is 3.09. The Hall–Kier alpha value is 0.290. The number of hydrogen-bond acceptors (Lipinski definition) is 5. The summed E-state index contributed by atoms with van der Waals surface area (Å²) in [7, 11) is 0. The van der Waals surface area contributed by atoms with Crippen LogP contribution in [-0.4, -0.2) is 27.3 Å². The topological polar surface area (TPSA) is 24.9 Å². The highest BCUT2D eigenvalue weighted by atomic mass is 32.2. The molecule has 0 radical (unpaired) electrons. The smallest absolute Gasteiger partial charge is 0.107 e. The molecule has 0 spiro atoms. The second-order valence-corrected chi connectivity index (χ2v) is 8.97. The third-order valence-corrected chi connectivity index (χ3v) is 7.64. The van der Waals surface area contributed by atoms with Crippen LogP contribution < -0.4 is 5.32 Å². The maximum Gasteiger partial charge on any atom is 0.107 e. The summed E-state index contributed by atoms with van der Waals surface area (Å²) in [5.74, 6) is 1.21. The number of nitrogens with zero attached hydrogens (tertiary/aromatic N) is 1. The summed E-state index contributed by atoms with van der Waals surface area (Å²) in [6, 6.07) is 0.524. The standard InChI is InChI=1S/C13H22N2S3/c1-8(2)14-5-11-6-17-13(15-11)12-7-16-9(3)10(4)18-12/h6,8-10,12,14H,5,7H2,1-4H3. The molecule has 1 aromatic rings. The van der Waals surface area contributed by atoms with Crippen LogP contribution in [0.4, 0.5) is 0 Å². The average Bonchev–Trinajstić information content (AvgIpc) is 2.79. The SMILES string of the molecule is CC(C)NCc1csc(C2CSC(C)C(C)S2)n1. The first-order valence-electron chi connectivity index (χ1n) is 6.51. The van der Waals surface area contributed by atoms with E-state index in [9.17, 15) is 0 Å². The van der Waals surface area contributed by atoms with Crippen LogP contribution in [-0.2, 0) is 6.54 Å². The van der Waals surface area contributed by atoms with Gasteiger partial charge in [-0.1, -0.05) is 27.7 Å². The summed E-state index contributed by atoms with van der Waals surface area (Å²) in [6.07, 6.45) is 0. The van der Waals surface area contributed by atoms with E-state index < -0.39 is 0 Å². The lowest BCUT2D eigenvalue weighted by atomic mass is 10.3. The second-order valence-electron chi connectivity index (χ2n) is 5.08. The van der Waals surface area contributed by atoms with E-state index in [1.165, 1.54) is 16.5 Å². The van der Waals surface area contributed by atoms with E-state index in [4.69, 9.17) is 4.98 Å². The molecule has 2 nitrogen and oxygen atoms in total. The van der Waals surface area contributed by atoms with Crippen LogP contribution in [0.3, 0.4) is 0 Å². The molecule has 102 valence electrons. The molecule has 2 heterocycles. The summed E-state index contributed by atoms with van der Waals surface area (Å²) in [4.78, 5) is 4.79. The van der Waals surface area contributed by atoms with Crippen molar-refractivity contribution in [1.29, 1.82) is 0 Å². The third kappa shape index (κ3) is 3.89. The summed E-state index contributed by atoms with van der Waals surface area (Å²) in [5.41, 5.74) is 1.19. The molecule has 18 heavy (non-hydrogen) atoms. The fourth-order valence-electron chi connectivity index (χ4n) is 1.77. The zero-order valence-electron chi connectivity index (χ0n) is 11.5. The Kier molecular flexibility index (Phi) is 5.42. The summed E-state index contributed by atoms with van der Waals surface area (Å²) < 4.78 is 0. The van der Waals surface area contributed by atoms with E-state index in [0.717, 1.165) is 17.0 Å². The average molecular weight is 303 g/mol. The van der Waals surface area contributed by atoms with Crippen LogP contribution in [0.1, 0.15) is 43.6 Å². The predicted octanol–water partition coefficient (Wildman–Crippen LogP) is 3.94. The highest BCUT2D eigenvalue weighted by Crippen LogP contribution is 2.44. The summed E-state index contributed by atoms with van der Waals surface area (Å²) in [6.45, 7) is 9.90. The van der Waals surface area contributed by atoms with Crippen molar-refractivity contribution in [2.24, 2.45) is 0 Å². The van der Waals surface area contributed by atoms with Crippen molar-refractivity contribution in [2.75, 3.05) is 5.75 Å². The van der Waals surface area contributed by atoms with Crippen molar-refractivity contribution in [3.63, 3.8) is 0 Å². The number of rotatable bonds is 4. The highest BCUT2D eigenvalue weighted by molar-refractivity contribution is 8.07. The maximum atomic E-state index is 4.79. The number of aromatic nitrogens is 1. The second kappa shape index (κ2) is 6.64. The number of thiazole rings is 1. The molecule has 0 saturated carbocycles. The fraction of sp³-hybridized carbons (Fsp3) is 0.769. The lowest BCUT2D eigenvalue weighted by Gasteiger charge is -2.30. The Labute approximate surface area is 123 Å². The highest BCUT2D eigenvalue weighted by Gasteiger charge is 2.28. The van der Waals surface area contributed by atoms with Gasteiger partial charge >= 0.3 is 0 Å². The number of hydrogen-bond donors (Lipinski definition) is 1. The normalized spacial score (nSPS) is 28.8. The van der Waals surface area contributed by atoms with Gasteiger partial charge in [-0.15, -0.1) is 23.1 Å². The van der Waals surface area contributed by atoms with Crippen LogP contribution in [0.2, 0.25) is 0 Å². The van der Waals surface area contributed by atoms with E-state index in [1.807, 2.05) is 11.3 Å². The lowest BCUT2D eigenvalue weighted by Crippen LogP contribution is -2.23. The van der Waals surface area contributed by atoms with Crippen LogP contribution in [0.15, 0.2) is 5.38 Å². The van der Waals surface area contributed by atoms with Gasteiger partial charge in [0.05, 0.1) is 10.9 Å².